The van der Waals surface area contributed by atoms with Gasteiger partial charge in [-0.05, 0) is 53.6 Å². The van der Waals surface area contributed by atoms with Crippen molar-refractivity contribution in [2.45, 2.75) is 76.7 Å². The minimum atomic E-state index is -0.489. The monoisotopic (exact) mass is 583 g/mol. The Morgan fingerprint density at radius 1 is 0.953 bits per heavy atom. The molecule has 1 saturated carbocycles. The minimum absolute atomic E-state index is 0.00980. The molecule has 0 unspecified atom stereocenters. The topological polar surface area (TPSA) is 83.1 Å². The lowest BCUT2D eigenvalue weighted by Crippen LogP contribution is -2.43. The molecule has 7 nitrogen and oxygen atoms in total. The summed E-state index contributed by atoms with van der Waals surface area (Å²) in [5.41, 5.74) is 6.18. The van der Waals surface area contributed by atoms with Gasteiger partial charge in [0.15, 0.2) is 6.29 Å². The third-order valence-electron chi connectivity index (χ3n) is 8.49. The number of urea groups is 1. The van der Waals surface area contributed by atoms with Crippen molar-refractivity contribution in [1.29, 1.82) is 0 Å². The summed E-state index contributed by atoms with van der Waals surface area (Å²) in [6.45, 7) is 8.71. The van der Waals surface area contributed by atoms with Crippen LogP contribution in [0.25, 0.3) is 11.1 Å². The molecule has 0 aromatic heterocycles. The van der Waals surface area contributed by atoms with Gasteiger partial charge < -0.3 is 25.2 Å². The highest BCUT2D eigenvalue weighted by molar-refractivity contribution is 5.73. The summed E-state index contributed by atoms with van der Waals surface area (Å²) >= 11 is 0. The third kappa shape index (κ3) is 8.33. The van der Waals surface area contributed by atoms with E-state index in [-0.39, 0.29) is 24.8 Å². The molecule has 1 heterocycles. The zero-order chi connectivity index (χ0) is 30.0. The zero-order valence-corrected chi connectivity index (χ0v) is 25.2. The second-order valence-corrected chi connectivity index (χ2v) is 11.6. The van der Waals surface area contributed by atoms with Gasteiger partial charge in [-0.1, -0.05) is 85.6 Å². The number of amides is 2. The van der Waals surface area contributed by atoms with Crippen LogP contribution in [0, 0.1) is 0 Å². The molecule has 0 spiro atoms. The molecule has 1 aliphatic heterocycles. The number of nitrogens with zero attached hydrogens (tertiary/aromatic N) is 1. The Morgan fingerprint density at radius 2 is 1.70 bits per heavy atom. The fourth-order valence-electron chi connectivity index (χ4n) is 6.20. The van der Waals surface area contributed by atoms with E-state index in [4.69, 9.17) is 9.47 Å². The maximum atomic E-state index is 11.8. The summed E-state index contributed by atoms with van der Waals surface area (Å²) in [6.07, 6.45) is 7.22. The largest absolute Gasteiger partial charge is 0.392 e. The maximum absolute atomic E-state index is 11.8. The van der Waals surface area contributed by atoms with Crippen molar-refractivity contribution in [3.05, 3.63) is 108 Å². The first kappa shape index (κ1) is 31.0. The van der Waals surface area contributed by atoms with E-state index >= 15 is 0 Å². The molecule has 43 heavy (non-hydrogen) atoms. The quantitative estimate of drug-likeness (QED) is 0.208. The predicted molar refractivity (Wildman–Crippen MR) is 170 cm³/mol. The lowest BCUT2D eigenvalue weighted by atomic mass is 9.98. The van der Waals surface area contributed by atoms with Crippen LogP contribution in [0.2, 0.25) is 0 Å². The van der Waals surface area contributed by atoms with Crippen molar-refractivity contribution in [3.63, 3.8) is 0 Å². The second-order valence-electron chi connectivity index (χ2n) is 11.6. The molecular weight excluding hydrogens is 538 g/mol. The summed E-state index contributed by atoms with van der Waals surface area (Å²) in [7, 11) is 0. The number of rotatable bonds is 12. The van der Waals surface area contributed by atoms with Gasteiger partial charge in [-0.2, -0.15) is 0 Å². The molecule has 5 rings (SSSR count). The van der Waals surface area contributed by atoms with E-state index in [1.807, 2.05) is 37.3 Å². The Hall–Kier alpha value is -3.49. The number of hydrogen-bond donors (Lipinski definition) is 3. The average Bonchev–Trinajstić information content (AvgIpc) is 3.59. The van der Waals surface area contributed by atoms with Gasteiger partial charge in [0.2, 0.25) is 0 Å². The fourth-order valence-corrected chi connectivity index (χ4v) is 6.20. The lowest BCUT2D eigenvalue weighted by molar-refractivity contribution is -0.253. The molecule has 2 aliphatic rings. The minimum Gasteiger partial charge on any atom is -0.392 e. The Kier molecular flexibility index (Phi) is 11.0. The molecule has 2 fully saturated rings. The van der Waals surface area contributed by atoms with Crippen LogP contribution in [-0.4, -0.2) is 47.8 Å². The van der Waals surface area contributed by atoms with Crippen molar-refractivity contribution in [2.75, 3.05) is 19.6 Å². The molecule has 3 aromatic rings. The summed E-state index contributed by atoms with van der Waals surface area (Å²) < 4.78 is 13.3. The van der Waals surface area contributed by atoms with Crippen LogP contribution in [-0.2, 0) is 22.6 Å². The molecule has 1 aliphatic carbocycles. The Morgan fingerprint density at radius 3 is 2.40 bits per heavy atom. The SMILES string of the molecule is C=CCN(C[C@@H]1C[C@H](c2ccc(CO)cc2)O[C@H](c2ccc(-c3cccc(CNC(=O)NCC)c3)cc2)O1)C1CCCC1. The molecule has 0 bridgehead atoms. The molecule has 228 valence electrons. The first-order valence-electron chi connectivity index (χ1n) is 15.6. The lowest BCUT2D eigenvalue weighted by Gasteiger charge is -2.39. The van der Waals surface area contributed by atoms with Crippen LogP contribution in [0.3, 0.4) is 0 Å². The van der Waals surface area contributed by atoms with Gasteiger partial charge in [0, 0.05) is 44.2 Å². The number of carbonyl (C=O) groups excluding carboxylic acids is 1. The van der Waals surface area contributed by atoms with E-state index in [9.17, 15) is 9.90 Å². The van der Waals surface area contributed by atoms with Gasteiger partial charge in [0.1, 0.15) is 0 Å². The number of carbonyl (C=O) groups is 1. The highest BCUT2D eigenvalue weighted by atomic mass is 16.7. The number of aliphatic hydroxyl groups excluding tert-OH is 1. The first-order chi connectivity index (χ1) is 21.1. The highest BCUT2D eigenvalue weighted by Gasteiger charge is 2.34. The second kappa shape index (κ2) is 15.3. The van der Waals surface area contributed by atoms with Crippen molar-refractivity contribution < 1.29 is 19.4 Å². The van der Waals surface area contributed by atoms with Crippen LogP contribution < -0.4 is 10.6 Å². The molecule has 2 amide bonds. The summed E-state index contributed by atoms with van der Waals surface area (Å²) in [6, 6.07) is 25.1. The Labute approximate surface area is 255 Å². The number of hydrogen-bond acceptors (Lipinski definition) is 5. The highest BCUT2D eigenvalue weighted by Crippen LogP contribution is 2.39. The van der Waals surface area contributed by atoms with Crippen molar-refractivity contribution in [2.24, 2.45) is 0 Å². The first-order valence-corrected chi connectivity index (χ1v) is 15.6. The summed E-state index contributed by atoms with van der Waals surface area (Å²) in [4.78, 5) is 14.4. The normalized spacial score (nSPS) is 20.7. The smallest absolute Gasteiger partial charge is 0.315 e. The molecule has 3 N–H and O–H groups in total. The van der Waals surface area contributed by atoms with Crippen molar-refractivity contribution in [3.8, 4) is 11.1 Å². The van der Waals surface area contributed by atoms with E-state index in [0.29, 0.717) is 19.1 Å². The number of benzene rings is 3. The maximum Gasteiger partial charge on any atom is 0.315 e. The average molecular weight is 584 g/mol. The van der Waals surface area contributed by atoms with E-state index < -0.39 is 6.29 Å². The number of nitrogens with one attached hydrogen (secondary N) is 2. The van der Waals surface area contributed by atoms with Crippen LogP contribution in [0.15, 0.2) is 85.5 Å². The van der Waals surface area contributed by atoms with Crippen molar-refractivity contribution in [1.82, 2.24) is 15.5 Å². The molecule has 1 saturated heterocycles. The van der Waals surface area contributed by atoms with Crippen LogP contribution >= 0.6 is 0 Å². The van der Waals surface area contributed by atoms with E-state index in [1.165, 1.54) is 25.7 Å². The van der Waals surface area contributed by atoms with Gasteiger partial charge in [0.25, 0.3) is 0 Å². The van der Waals surface area contributed by atoms with Gasteiger partial charge >= 0.3 is 6.03 Å². The predicted octanol–water partition coefficient (Wildman–Crippen LogP) is 6.64. The summed E-state index contributed by atoms with van der Waals surface area (Å²) in [5.74, 6) is 0. The summed E-state index contributed by atoms with van der Waals surface area (Å²) in [5, 5.41) is 15.2. The van der Waals surface area contributed by atoms with E-state index in [1.54, 1.807) is 0 Å². The van der Waals surface area contributed by atoms with Crippen LogP contribution in [0.1, 0.15) is 73.7 Å². The van der Waals surface area contributed by atoms with Gasteiger partial charge in [-0.3, -0.25) is 4.90 Å². The Bertz CT molecular complexity index is 1320. The van der Waals surface area contributed by atoms with Gasteiger partial charge in [-0.25, -0.2) is 4.79 Å². The third-order valence-corrected chi connectivity index (χ3v) is 8.49. The number of aliphatic hydroxyl groups is 1. The van der Waals surface area contributed by atoms with Gasteiger partial charge in [-0.15, -0.1) is 6.58 Å². The van der Waals surface area contributed by atoms with Gasteiger partial charge in [0.05, 0.1) is 18.8 Å². The van der Waals surface area contributed by atoms with Crippen LogP contribution in [0.4, 0.5) is 4.79 Å². The van der Waals surface area contributed by atoms with E-state index in [2.05, 4.69) is 70.6 Å². The van der Waals surface area contributed by atoms with E-state index in [0.717, 1.165) is 52.9 Å². The standard InChI is InChI=1S/C36H45N3O4/c1-3-20-39(32-10-5-6-11-32)24-33-22-34(29-14-12-26(25-40)13-15-29)43-35(42-33)30-18-16-28(17-19-30)31-9-7-8-27(21-31)23-38-36(41)37-4-2/h3,7-9,12-19,21,32-35,40H,1,4-6,10-11,20,22-25H2,2H3,(H2,37,38,41)/t33-,34+,35+/m0/s1. The molecule has 0 radical (unpaired) electrons. The zero-order valence-electron chi connectivity index (χ0n) is 25.2. The molecule has 7 heteroatoms. The molecule has 3 aromatic carbocycles. The van der Waals surface area contributed by atoms with Crippen molar-refractivity contribution >= 4 is 6.03 Å². The molecular formula is C36H45N3O4. The Balaban J connectivity index is 1.33. The number of ether oxygens (including phenoxy) is 2. The fraction of sp³-hybridized carbons (Fsp3) is 0.417. The molecule has 3 atom stereocenters. The van der Waals surface area contributed by atoms with Crippen LogP contribution in [0.5, 0.6) is 0 Å².